The lowest BCUT2D eigenvalue weighted by Crippen LogP contribution is -2.34. The third-order valence-electron chi connectivity index (χ3n) is 4.00. The Morgan fingerprint density at radius 1 is 0.938 bits per heavy atom. The molecule has 11 heteroatoms. The van der Waals surface area contributed by atoms with Crippen molar-refractivity contribution < 1.29 is 23.8 Å². The molecule has 166 valence electrons. The number of nitrogens with one attached hydrogen (secondary N) is 2. The zero-order valence-corrected chi connectivity index (χ0v) is 19.0. The molecule has 0 spiro atoms. The minimum absolute atomic E-state index is 0.0748. The highest BCUT2D eigenvalue weighted by molar-refractivity contribution is 6.35. The Hall–Kier alpha value is -3.20. The van der Waals surface area contributed by atoms with Gasteiger partial charge < -0.3 is 19.5 Å². The first-order chi connectivity index (χ1) is 15.3. The van der Waals surface area contributed by atoms with E-state index in [0.717, 1.165) is 0 Å². The van der Waals surface area contributed by atoms with E-state index >= 15 is 0 Å². The van der Waals surface area contributed by atoms with Gasteiger partial charge in [0.15, 0.2) is 0 Å². The second kappa shape index (κ2) is 10.4. The van der Waals surface area contributed by atoms with Gasteiger partial charge in [0.05, 0.1) is 26.1 Å². The van der Waals surface area contributed by atoms with Gasteiger partial charge in [-0.25, -0.2) is 9.78 Å². The number of anilines is 1. The molecule has 0 aliphatic carbocycles. The Labute approximate surface area is 198 Å². The molecule has 0 aliphatic heterocycles. The number of pyridine rings is 1. The van der Waals surface area contributed by atoms with E-state index in [1.165, 1.54) is 26.5 Å². The number of hydrogen-bond acceptors (Lipinski definition) is 6. The normalized spacial score (nSPS) is 10.3. The number of carbonyl (C=O) groups excluding carboxylic acids is 2. The number of nitrogens with zero attached hydrogens (tertiary/aromatic N) is 1. The molecule has 0 bridgehead atoms. The summed E-state index contributed by atoms with van der Waals surface area (Å²) in [5.74, 6) is 0.204. The highest BCUT2D eigenvalue weighted by atomic mass is 35.5. The number of benzene rings is 2. The van der Waals surface area contributed by atoms with Crippen LogP contribution in [-0.2, 0) is 0 Å². The molecule has 0 radical (unpaired) electrons. The summed E-state index contributed by atoms with van der Waals surface area (Å²) in [6, 6.07) is 10.0. The number of methoxy groups -OCH3 is 2. The molecule has 8 nitrogen and oxygen atoms in total. The average Bonchev–Trinajstić information content (AvgIpc) is 2.74. The number of rotatable bonds is 6. The van der Waals surface area contributed by atoms with Gasteiger partial charge in [-0.1, -0.05) is 40.9 Å². The number of carbonyl (C=O) groups is 2. The minimum atomic E-state index is -0.809. The maximum absolute atomic E-state index is 12.6. The molecule has 1 aromatic heterocycles. The van der Waals surface area contributed by atoms with E-state index in [4.69, 9.17) is 49.0 Å². The lowest BCUT2D eigenvalue weighted by Gasteiger charge is -2.13. The Morgan fingerprint density at radius 2 is 1.56 bits per heavy atom. The number of amides is 3. The molecule has 1 heterocycles. The van der Waals surface area contributed by atoms with Crippen molar-refractivity contribution in [3.63, 3.8) is 0 Å². The van der Waals surface area contributed by atoms with Gasteiger partial charge in [-0.2, -0.15) is 0 Å². The Balaban J connectivity index is 1.69. The minimum Gasteiger partial charge on any atom is -0.496 e. The zero-order chi connectivity index (χ0) is 23.3. The van der Waals surface area contributed by atoms with Crippen LogP contribution in [0.15, 0.2) is 48.7 Å². The van der Waals surface area contributed by atoms with Gasteiger partial charge in [0, 0.05) is 10.0 Å². The van der Waals surface area contributed by atoms with Crippen LogP contribution in [0.4, 0.5) is 10.5 Å². The number of halogens is 3. The topological polar surface area (TPSA) is 98.8 Å². The smallest absolute Gasteiger partial charge is 0.326 e. The molecule has 32 heavy (non-hydrogen) atoms. The molecule has 0 unspecified atom stereocenters. The highest BCUT2D eigenvalue weighted by Gasteiger charge is 2.20. The fraction of sp³-hybridized carbons (Fsp3) is 0.0952. The number of imide groups is 1. The van der Waals surface area contributed by atoms with Crippen LogP contribution < -0.4 is 24.8 Å². The summed E-state index contributed by atoms with van der Waals surface area (Å²) in [5, 5.41) is 5.55. The second-order valence-electron chi connectivity index (χ2n) is 6.16. The summed E-state index contributed by atoms with van der Waals surface area (Å²) in [6.45, 7) is 0. The monoisotopic (exact) mass is 495 g/mol. The second-order valence-corrected chi connectivity index (χ2v) is 7.44. The van der Waals surface area contributed by atoms with Crippen molar-refractivity contribution in [2.75, 3.05) is 19.5 Å². The summed E-state index contributed by atoms with van der Waals surface area (Å²) in [4.78, 5) is 28.9. The van der Waals surface area contributed by atoms with E-state index < -0.39 is 11.9 Å². The quantitative estimate of drug-likeness (QED) is 0.447. The van der Waals surface area contributed by atoms with E-state index in [2.05, 4.69) is 15.6 Å². The standard InChI is InChI=1S/C21H16Cl3N3O5/c1-30-16-4-3-5-17(31-2)18(16)19(28)27-21(29)26-13-9-15(24)20(25-10-13)32-14-7-11(22)6-12(23)8-14/h3-10H,1-2H3,(H2,26,27,28,29). The first-order valence-corrected chi connectivity index (χ1v) is 10.1. The van der Waals surface area contributed by atoms with Crippen LogP contribution in [0.2, 0.25) is 15.1 Å². The maximum atomic E-state index is 12.6. The van der Waals surface area contributed by atoms with Crippen LogP contribution in [0.3, 0.4) is 0 Å². The number of ether oxygens (including phenoxy) is 3. The van der Waals surface area contributed by atoms with Gasteiger partial charge in [-0.05, 0) is 36.4 Å². The molecule has 0 atom stereocenters. The number of urea groups is 1. The molecule has 2 N–H and O–H groups in total. The summed E-state index contributed by atoms with van der Waals surface area (Å²) >= 11 is 18.1. The van der Waals surface area contributed by atoms with Gasteiger partial charge in [-0.15, -0.1) is 0 Å². The highest BCUT2D eigenvalue weighted by Crippen LogP contribution is 2.32. The SMILES string of the molecule is COc1cccc(OC)c1C(=O)NC(=O)Nc1cnc(Oc2cc(Cl)cc(Cl)c2)c(Cl)c1. The van der Waals surface area contributed by atoms with Crippen molar-refractivity contribution in [1.29, 1.82) is 0 Å². The van der Waals surface area contributed by atoms with Gasteiger partial charge in [0.2, 0.25) is 5.88 Å². The van der Waals surface area contributed by atoms with E-state index in [1.54, 1.807) is 36.4 Å². The average molecular weight is 497 g/mol. The Kier molecular flexibility index (Phi) is 7.63. The van der Waals surface area contributed by atoms with E-state index in [0.29, 0.717) is 15.8 Å². The lowest BCUT2D eigenvalue weighted by atomic mass is 10.1. The van der Waals surface area contributed by atoms with E-state index in [9.17, 15) is 9.59 Å². The van der Waals surface area contributed by atoms with Gasteiger partial charge in [-0.3, -0.25) is 10.1 Å². The molecule has 0 saturated heterocycles. The van der Waals surface area contributed by atoms with E-state index in [-0.39, 0.29) is 33.7 Å². The largest absolute Gasteiger partial charge is 0.496 e. The van der Waals surface area contributed by atoms with Crippen LogP contribution in [-0.4, -0.2) is 31.1 Å². The van der Waals surface area contributed by atoms with Crippen molar-refractivity contribution >= 4 is 52.4 Å². The van der Waals surface area contributed by atoms with Crippen LogP contribution in [0.25, 0.3) is 0 Å². The first-order valence-electron chi connectivity index (χ1n) is 8.93. The Morgan fingerprint density at radius 3 is 2.12 bits per heavy atom. The summed E-state index contributed by atoms with van der Waals surface area (Å²) < 4.78 is 15.9. The number of aromatic nitrogens is 1. The summed E-state index contributed by atoms with van der Waals surface area (Å²) in [6.07, 6.45) is 1.31. The molecule has 3 aromatic rings. The van der Waals surface area contributed by atoms with Crippen molar-refractivity contribution in [1.82, 2.24) is 10.3 Å². The number of hydrogen-bond donors (Lipinski definition) is 2. The summed E-state index contributed by atoms with van der Waals surface area (Å²) in [7, 11) is 2.81. The third-order valence-corrected chi connectivity index (χ3v) is 4.71. The van der Waals surface area contributed by atoms with E-state index in [1.807, 2.05) is 0 Å². The van der Waals surface area contributed by atoms with Gasteiger partial charge >= 0.3 is 6.03 Å². The maximum Gasteiger partial charge on any atom is 0.326 e. The van der Waals surface area contributed by atoms with Crippen LogP contribution in [0.1, 0.15) is 10.4 Å². The van der Waals surface area contributed by atoms with Gasteiger partial charge in [0.1, 0.15) is 27.8 Å². The van der Waals surface area contributed by atoms with Crippen LogP contribution >= 0.6 is 34.8 Å². The summed E-state index contributed by atoms with van der Waals surface area (Å²) in [5.41, 5.74) is 0.302. The molecule has 3 amide bonds. The predicted molar refractivity (Wildman–Crippen MR) is 122 cm³/mol. The van der Waals surface area contributed by atoms with Crippen LogP contribution in [0.5, 0.6) is 23.1 Å². The van der Waals surface area contributed by atoms with Crippen LogP contribution in [0, 0.1) is 0 Å². The molecule has 0 fully saturated rings. The molecule has 3 rings (SSSR count). The fourth-order valence-electron chi connectivity index (χ4n) is 2.67. The molecule has 2 aromatic carbocycles. The molecule has 0 saturated carbocycles. The first kappa shape index (κ1) is 23.5. The zero-order valence-electron chi connectivity index (χ0n) is 16.7. The Bertz CT molecular complexity index is 1130. The fourth-order valence-corrected chi connectivity index (χ4v) is 3.38. The molecular formula is C21H16Cl3N3O5. The van der Waals surface area contributed by atoms with Crippen molar-refractivity contribution in [3.05, 3.63) is 69.3 Å². The lowest BCUT2D eigenvalue weighted by molar-refractivity contribution is 0.0961. The predicted octanol–water partition coefficient (Wildman–Crippen LogP) is 5.81. The molecular weight excluding hydrogens is 481 g/mol. The van der Waals surface area contributed by atoms with Crippen molar-refractivity contribution in [2.45, 2.75) is 0 Å². The van der Waals surface area contributed by atoms with Crippen molar-refractivity contribution in [2.24, 2.45) is 0 Å². The third kappa shape index (κ3) is 5.73. The van der Waals surface area contributed by atoms with Crippen molar-refractivity contribution in [3.8, 4) is 23.1 Å². The molecule has 0 aliphatic rings. The van der Waals surface area contributed by atoms with Gasteiger partial charge in [0.25, 0.3) is 5.91 Å².